The van der Waals surface area contributed by atoms with E-state index in [1.54, 1.807) is 17.0 Å². The predicted octanol–water partition coefficient (Wildman–Crippen LogP) is 2.13. The highest BCUT2D eigenvalue weighted by atomic mass is 19.1. The van der Waals surface area contributed by atoms with Gasteiger partial charge in [0.25, 0.3) is 0 Å². The van der Waals surface area contributed by atoms with Gasteiger partial charge in [0, 0.05) is 29.6 Å². The van der Waals surface area contributed by atoms with Gasteiger partial charge in [0.2, 0.25) is 5.91 Å². The average Bonchev–Trinajstić information content (AvgIpc) is 3.38. The van der Waals surface area contributed by atoms with Gasteiger partial charge in [-0.2, -0.15) is 0 Å². The van der Waals surface area contributed by atoms with Gasteiger partial charge in [0.1, 0.15) is 11.9 Å². The van der Waals surface area contributed by atoms with Crippen molar-refractivity contribution in [3.8, 4) is 11.8 Å². The van der Waals surface area contributed by atoms with E-state index >= 15 is 0 Å². The van der Waals surface area contributed by atoms with Crippen LogP contribution in [0.3, 0.4) is 0 Å². The Hall–Kier alpha value is -2.55. The standard InChI is InChI=1S/C19H22FN3O2/c1-12-2-9-17(22-19(21)25)18(24)23(12)11-15-10-14(7-8-16(15)20)6-5-13-3-4-13/h7-8,10,12-13,17H,2-4,9,11H2,1H3,(H3,21,22,25)/t12-,17-/m1/s1. The van der Waals surface area contributed by atoms with Gasteiger partial charge in [-0.15, -0.1) is 0 Å². The molecule has 2 atom stereocenters. The van der Waals surface area contributed by atoms with Gasteiger partial charge in [0.05, 0.1) is 0 Å². The molecule has 0 unspecified atom stereocenters. The lowest BCUT2D eigenvalue weighted by Crippen LogP contribution is -2.55. The van der Waals surface area contributed by atoms with E-state index in [0.717, 1.165) is 24.8 Å². The van der Waals surface area contributed by atoms with Crippen LogP contribution in [0.2, 0.25) is 0 Å². The first-order valence-corrected chi connectivity index (χ1v) is 8.60. The number of hydrogen-bond donors (Lipinski definition) is 2. The van der Waals surface area contributed by atoms with Crippen molar-refractivity contribution in [3.05, 3.63) is 35.1 Å². The number of likely N-dealkylation sites (tertiary alicyclic amines) is 1. The highest BCUT2D eigenvalue weighted by molar-refractivity contribution is 5.87. The van der Waals surface area contributed by atoms with Crippen LogP contribution in [0, 0.1) is 23.6 Å². The molecule has 2 aliphatic rings. The maximum atomic E-state index is 14.2. The maximum Gasteiger partial charge on any atom is 0.312 e. The smallest absolute Gasteiger partial charge is 0.312 e. The predicted molar refractivity (Wildman–Crippen MR) is 91.8 cm³/mol. The Kier molecular flexibility index (Phi) is 4.93. The quantitative estimate of drug-likeness (QED) is 0.825. The Morgan fingerprint density at radius 2 is 2.12 bits per heavy atom. The third-order valence-corrected chi connectivity index (χ3v) is 4.69. The Balaban J connectivity index is 1.77. The summed E-state index contributed by atoms with van der Waals surface area (Å²) in [4.78, 5) is 25.3. The molecular weight excluding hydrogens is 321 g/mol. The summed E-state index contributed by atoms with van der Waals surface area (Å²) in [6.07, 6.45) is 3.53. The Morgan fingerprint density at radius 1 is 1.36 bits per heavy atom. The van der Waals surface area contributed by atoms with Crippen molar-refractivity contribution in [2.24, 2.45) is 11.7 Å². The second-order valence-electron chi connectivity index (χ2n) is 6.80. The summed E-state index contributed by atoms with van der Waals surface area (Å²) in [7, 11) is 0. The number of piperidine rings is 1. The average molecular weight is 343 g/mol. The normalized spacial score (nSPS) is 23.0. The molecule has 3 amide bonds. The van der Waals surface area contributed by atoms with E-state index in [4.69, 9.17) is 5.73 Å². The summed E-state index contributed by atoms with van der Waals surface area (Å²) in [6, 6.07) is 3.36. The summed E-state index contributed by atoms with van der Waals surface area (Å²) < 4.78 is 14.2. The molecule has 0 bridgehead atoms. The number of urea groups is 1. The molecule has 1 aliphatic carbocycles. The molecule has 0 aromatic heterocycles. The zero-order valence-electron chi connectivity index (χ0n) is 14.2. The largest absolute Gasteiger partial charge is 0.352 e. The highest BCUT2D eigenvalue weighted by Gasteiger charge is 2.34. The van der Waals surface area contributed by atoms with Crippen molar-refractivity contribution in [2.75, 3.05) is 0 Å². The van der Waals surface area contributed by atoms with Crippen molar-refractivity contribution in [3.63, 3.8) is 0 Å². The number of halogens is 1. The lowest BCUT2D eigenvalue weighted by atomic mass is 9.97. The van der Waals surface area contributed by atoms with E-state index in [1.807, 2.05) is 6.92 Å². The number of carbonyl (C=O) groups excluding carboxylic acids is 2. The first-order chi connectivity index (χ1) is 11.9. The first kappa shape index (κ1) is 17.3. The molecular formula is C19H22FN3O2. The third-order valence-electron chi connectivity index (χ3n) is 4.69. The molecule has 1 saturated heterocycles. The molecule has 0 radical (unpaired) electrons. The van der Waals surface area contributed by atoms with Crippen LogP contribution in [0.15, 0.2) is 18.2 Å². The molecule has 3 N–H and O–H groups in total. The molecule has 3 rings (SSSR count). The molecule has 2 fully saturated rings. The number of amides is 3. The molecule has 6 heteroatoms. The fourth-order valence-electron chi connectivity index (χ4n) is 3.01. The van der Waals surface area contributed by atoms with Crippen LogP contribution >= 0.6 is 0 Å². The fourth-order valence-corrected chi connectivity index (χ4v) is 3.01. The Bertz CT molecular complexity index is 749. The van der Waals surface area contributed by atoms with E-state index < -0.39 is 12.1 Å². The number of primary amides is 1. The van der Waals surface area contributed by atoms with Crippen molar-refractivity contribution in [1.29, 1.82) is 0 Å². The van der Waals surface area contributed by atoms with Crippen LogP contribution in [0.25, 0.3) is 0 Å². The lowest BCUT2D eigenvalue weighted by Gasteiger charge is -2.37. The number of nitrogens with two attached hydrogens (primary N) is 1. The second kappa shape index (κ2) is 7.14. The summed E-state index contributed by atoms with van der Waals surface area (Å²) >= 11 is 0. The van der Waals surface area contributed by atoms with Gasteiger partial charge >= 0.3 is 6.03 Å². The summed E-state index contributed by atoms with van der Waals surface area (Å²) in [5.41, 5.74) is 6.32. The molecule has 5 nitrogen and oxygen atoms in total. The fraction of sp³-hybridized carbons (Fsp3) is 0.474. The SMILES string of the molecule is C[C@@H]1CC[C@@H](NC(N)=O)C(=O)N1Cc1cc(C#CC2CC2)ccc1F. The molecule has 1 aromatic carbocycles. The first-order valence-electron chi connectivity index (χ1n) is 8.60. The van der Waals surface area contributed by atoms with Gasteiger partial charge in [-0.05, 0) is 50.8 Å². The monoisotopic (exact) mass is 343 g/mol. The van der Waals surface area contributed by atoms with Crippen LogP contribution in [-0.4, -0.2) is 28.9 Å². The van der Waals surface area contributed by atoms with E-state index in [0.29, 0.717) is 17.9 Å². The Morgan fingerprint density at radius 3 is 2.80 bits per heavy atom. The summed E-state index contributed by atoms with van der Waals surface area (Å²) in [5.74, 6) is 6.11. The van der Waals surface area contributed by atoms with Gasteiger partial charge in [0.15, 0.2) is 0 Å². The van der Waals surface area contributed by atoms with Gasteiger partial charge < -0.3 is 16.0 Å². The minimum Gasteiger partial charge on any atom is -0.352 e. The molecule has 1 aromatic rings. The summed E-state index contributed by atoms with van der Waals surface area (Å²) in [6.45, 7) is 2.08. The van der Waals surface area contributed by atoms with E-state index in [1.165, 1.54) is 6.07 Å². The molecule has 0 spiro atoms. The van der Waals surface area contributed by atoms with E-state index in [9.17, 15) is 14.0 Å². The highest BCUT2D eigenvalue weighted by Crippen LogP contribution is 2.28. The van der Waals surface area contributed by atoms with Gasteiger partial charge in [-0.25, -0.2) is 9.18 Å². The molecule has 1 aliphatic heterocycles. The van der Waals surface area contributed by atoms with Crippen LogP contribution in [-0.2, 0) is 11.3 Å². The molecule has 25 heavy (non-hydrogen) atoms. The van der Waals surface area contributed by atoms with Crippen LogP contribution in [0.1, 0.15) is 43.7 Å². The molecule has 1 saturated carbocycles. The minimum atomic E-state index is -0.726. The number of rotatable bonds is 3. The topological polar surface area (TPSA) is 75.4 Å². The minimum absolute atomic E-state index is 0.0287. The van der Waals surface area contributed by atoms with E-state index in [2.05, 4.69) is 17.2 Å². The summed E-state index contributed by atoms with van der Waals surface area (Å²) in [5, 5.41) is 2.47. The zero-order valence-corrected chi connectivity index (χ0v) is 14.2. The third kappa shape index (κ3) is 4.30. The van der Waals surface area contributed by atoms with Crippen molar-refractivity contribution < 1.29 is 14.0 Å². The second-order valence-corrected chi connectivity index (χ2v) is 6.80. The molecule has 132 valence electrons. The zero-order chi connectivity index (χ0) is 18.0. The van der Waals surface area contributed by atoms with Crippen LogP contribution < -0.4 is 11.1 Å². The number of hydrogen-bond acceptors (Lipinski definition) is 2. The number of nitrogens with one attached hydrogen (secondary N) is 1. The van der Waals surface area contributed by atoms with Crippen molar-refractivity contribution >= 4 is 11.9 Å². The van der Waals surface area contributed by atoms with Gasteiger partial charge in [-0.3, -0.25) is 4.79 Å². The van der Waals surface area contributed by atoms with Crippen LogP contribution in [0.5, 0.6) is 0 Å². The maximum absolute atomic E-state index is 14.2. The Labute approximate surface area is 146 Å². The number of nitrogens with zero attached hydrogens (tertiary/aromatic N) is 1. The lowest BCUT2D eigenvalue weighted by molar-refractivity contribution is -0.139. The number of benzene rings is 1. The van der Waals surface area contributed by atoms with Crippen molar-refractivity contribution in [2.45, 2.75) is 51.2 Å². The van der Waals surface area contributed by atoms with Crippen molar-refractivity contribution in [1.82, 2.24) is 10.2 Å². The molecule has 1 heterocycles. The number of carbonyl (C=O) groups is 2. The van der Waals surface area contributed by atoms with E-state index in [-0.39, 0.29) is 24.3 Å². The van der Waals surface area contributed by atoms with Crippen LogP contribution in [0.4, 0.5) is 9.18 Å². The van der Waals surface area contributed by atoms with Gasteiger partial charge in [-0.1, -0.05) is 11.8 Å².